The molecule has 0 saturated carbocycles. The lowest BCUT2D eigenvalue weighted by Crippen LogP contribution is -2.10. The number of nitrogens with zero attached hydrogens (tertiary/aromatic N) is 2. The minimum Gasteiger partial charge on any atom is -0.334 e. The van der Waals surface area contributed by atoms with Gasteiger partial charge in [0.2, 0.25) is 0 Å². The van der Waals surface area contributed by atoms with Gasteiger partial charge in [-0.25, -0.2) is 8.78 Å². The van der Waals surface area contributed by atoms with Crippen LogP contribution in [0.25, 0.3) is 11.5 Å². The standard InChI is InChI=1S/C11H11F2N3O/c1-2-9(14)10-15-11(17-16-10)6-3-4-7(12)8(13)5-6/h3-5,9H,2,14H2,1H3. The van der Waals surface area contributed by atoms with E-state index in [2.05, 4.69) is 10.1 Å². The molecule has 2 rings (SSSR count). The van der Waals surface area contributed by atoms with Crippen LogP contribution in [0.4, 0.5) is 8.78 Å². The van der Waals surface area contributed by atoms with Gasteiger partial charge in [-0.3, -0.25) is 0 Å². The number of rotatable bonds is 3. The van der Waals surface area contributed by atoms with Gasteiger partial charge in [0.25, 0.3) is 5.89 Å². The molecule has 0 saturated heterocycles. The van der Waals surface area contributed by atoms with Gasteiger partial charge in [-0.05, 0) is 24.6 Å². The Kier molecular flexibility index (Phi) is 3.14. The highest BCUT2D eigenvalue weighted by Gasteiger charge is 2.14. The van der Waals surface area contributed by atoms with Gasteiger partial charge in [-0.1, -0.05) is 12.1 Å². The monoisotopic (exact) mass is 239 g/mol. The van der Waals surface area contributed by atoms with Crippen molar-refractivity contribution in [2.24, 2.45) is 5.73 Å². The zero-order chi connectivity index (χ0) is 12.4. The van der Waals surface area contributed by atoms with Crippen molar-refractivity contribution in [3.63, 3.8) is 0 Å². The maximum absolute atomic E-state index is 13.0. The fourth-order valence-electron chi connectivity index (χ4n) is 1.31. The topological polar surface area (TPSA) is 64.9 Å². The Morgan fingerprint density at radius 3 is 2.76 bits per heavy atom. The molecule has 0 bridgehead atoms. The van der Waals surface area contributed by atoms with Gasteiger partial charge in [-0.15, -0.1) is 0 Å². The first-order valence-electron chi connectivity index (χ1n) is 5.16. The van der Waals surface area contributed by atoms with Crippen LogP contribution in [0.3, 0.4) is 0 Å². The molecule has 0 amide bonds. The molecule has 0 fully saturated rings. The molecule has 1 atom stereocenters. The molecule has 0 aliphatic rings. The molecule has 0 aliphatic heterocycles. The molecule has 1 aromatic heterocycles. The van der Waals surface area contributed by atoms with E-state index in [1.165, 1.54) is 6.07 Å². The maximum Gasteiger partial charge on any atom is 0.258 e. The summed E-state index contributed by atoms with van der Waals surface area (Å²) in [5.41, 5.74) is 6.05. The third-order valence-electron chi connectivity index (χ3n) is 2.38. The Hall–Kier alpha value is -1.82. The van der Waals surface area contributed by atoms with Crippen LogP contribution >= 0.6 is 0 Å². The first-order valence-corrected chi connectivity index (χ1v) is 5.16. The average Bonchev–Trinajstić information content (AvgIpc) is 2.81. The lowest BCUT2D eigenvalue weighted by Gasteiger charge is -1.99. The van der Waals surface area contributed by atoms with E-state index >= 15 is 0 Å². The molecular weight excluding hydrogens is 228 g/mol. The minimum atomic E-state index is -0.956. The second kappa shape index (κ2) is 4.58. The first-order chi connectivity index (χ1) is 8.11. The third kappa shape index (κ3) is 2.31. The van der Waals surface area contributed by atoms with Crippen molar-refractivity contribution in [2.75, 3.05) is 0 Å². The van der Waals surface area contributed by atoms with E-state index in [0.29, 0.717) is 17.8 Å². The lowest BCUT2D eigenvalue weighted by atomic mass is 10.2. The van der Waals surface area contributed by atoms with Gasteiger partial charge in [0.15, 0.2) is 17.5 Å². The van der Waals surface area contributed by atoms with Crippen molar-refractivity contribution in [3.05, 3.63) is 35.7 Å². The zero-order valence-electron chi connectivity index (χ0n) is 9.15. The van der Waals surface area contributed by atoms with Crippen LogP contribution in [0.5, 0.6) is 0 Å². The number of hydrogen-bond donors (Lipinski definition) is 1. The zero-order valence-corrected chi connectivity index (χ0v) is 9.15. The summed E-state index contributed by atoms with van der Waals surface area (Å²) in [6.45, 7) is 1.89. The Labute approximate surface area is 96.4 Å². The van der Waals surface area contributed by atoms with Crippen LogP contribution in [0, 0.1) is 11.6 Å². The molecule has 1 heterocycles. The molecule has 17 heavy (non-hydrogen) atoms. The van der Waals surface area contributed by atoms with E-state index in [4.69, 9.17) is 10.3 Å². The number of aromatic nitrogens is 2. The van der Waals surface area contributed by atoms with Crippen molar-refractivity contribution in [3.8, 4) is 11.5 Å². The van der Waals surface area contributed by atoms with Crippen LogP contribution in [0.2, 0.25) is 0 Å². The van der Waals surface area contributed by atoms with Gasteiger partial charge in [-0.2, -0.15) is 4.98 Å². The molecule has 1 aromatic carbocycles. The summed E-state index contributed by atoms with van der Waals surface area (Å²) in [6.07, 6.45) is 0.663. The van der Waals surface area contributed by atoms with E-state index < -0.39 is 11.6 Å². The molecule has 0 aliphatic carbocycles. The maximum atomic E-state index is 13.0. The van der Waals surface area contributed by atoms with Crippen LogP contribution < -0.4 is 5.73 Å². The highest BCUT2D eigenvalue weighted by atomic mass is 19.2. The quantitative estimate of drug-likeness (QED) is 0.893. The molecule has 4 nitrogen and oxygen atoms in total. The second-order valence-electron chi connectivity index (χ2n) is 3.60. The van der Waals surface area contributed by atoms with Gasteiger partial charge in [0, 0.05) is 5.56 Å². The molecular formula is C11H11F2N3O. The smallest absolute Gasteiger partial charge is 0.258 e. The molecule has 1 unspecified atom stereocenters. The van der Waals surface area contributed by atoms with Crippen LogP contribution in [0.1, 0.15) is 25.2 Å². The van der Waals surface area contributed by atoms with E-state index in [-0.39, 0.29) is 11.9 Å². The lowest BCUT2D eigenvalue weighted by molar-refractivity contribution is 0.414. The normalized spacial score (nSPS) is 12.7. The molecule has 2 aromatic rings. The van der Waals surface area contributed by atoms with Crippen LogP contribution in [-0.2, 0) is 0 Å². The summed E-state index contributed by atoms with van der Waals surface area (Å²) < 4.78 is 30.7. The molecule has 2 N–H and O–H groups in total. The van der Waals surface area contributed by atoms with Gasteiger partial charge < -0.3 is 10.3 Å². The number of hydrogen-bond acceptors (Lipinski definition) is 4. The van der Waals surface area contributed by atoms with Crippen LogP contribution in [0.15, 0.2) is 22.7 Å². The first kappa shape index (κ1) is 11.7. The highest BCUT2D eigenvalue weighted by molar-refractivity contribution is 5.52. The van der Waals surface area contributed by atoms with E-state index in [1.807, 2.05) is 6.92 Å². The molecule has 0 radical (unpaired) electrons. The minimum absolute atomic E-state index is 0.128. The van der Waals surface area contributed by atoms with Crippen LogP contribution in [-0.4, -0.2) is 10.1 Å². The van der Waals surface area contributed by atoms with Gasteiger partial charge in [0.05, 0.1) is 6.04 Å². The van der Waals surface area contributed by atoms with E-state index in [9.17, 15) is 8.78 Å². The Morgan fingerprint density at radius 1 is 1.35 bits per heavy atom. The van der Waals surface area contributed by atoms with Crippen molar-refractivity contribution < 1.29 is 13.3 Å². The Morgan fingerprint density at radius 2 is 2.12 bits per heavy atom. The second-order valence-corrected chi connectivity index (χ2v) is 3.60. The summed E-state index contributed by atoms with van der Waals surface area (Å²) >= 11 is 0. The largest absolute Gasteiger partial charge is 0.334 e. The highest BCUT2D eigenvalue weighted by Crippen LogP contribution is 2.21. The van der Waals surface area contributed by atoms with E-state index in [0.717, 1.165) is 12.1 Å². The fourth-order valence-corrected chi connectivity index (χ4v) is 1.31. The summed E-state index contributed by atoms with van der Waals surface area (Å²) in [6, 6.07) is 3.06. The fraction of sp³-hybridized carbons (Fsp3) is 0.273. The molecule has 90 valence electrons. The van der Waals surface area contributed by atoms with Crippen molar-refractivity contribution in [1.82, 2.24) is 10.1 Å². The van der Waals surface area contributed by atoms with Crippen molar-refractivity contribution in [2.45, 2.75) is 19.4 Å². The number of nitrogens with two attached hydrogens (primary N) is 1. The number of benzene rings is 1. The average molecular weight is 239 g/mol. The predicted molar refractivity (Wildman–Crippen MR) is 56.9 cm³/mol. The van der Waals surface area contributed by atoms with E-state index in [1.54, 1.807) is 0 Å². The van der Waals surface area contributed by atoms with Gasteiger partial charge in [0.1, 0.15) is 0 Å². The number of halogens is 2. The summed E-state index contributed by atoms with van der Waals surface area (Å²) in [5.74, 6) is -1.39. The molecule has 6 heteroatoms. The Balaban J connectivity index is 2.33. The van der Waals surface area contributed by atoms with Crippen molar-refractivity contribution in [1.29, 1.82) is 0 Å². The predicted octanol–water partition coefficient (Wildman–Crippen LogP) is 2.42. The summed E-state index contributed by atoms with van der Waals surface area (Å²) in [4.78, 5) is 4.03. The summed E-state index contributed by atoms with van der Waals surface area (Å²) in [7, 11) is 0. The summed E-state index contributed by atoms with van der Waals surface area (Å²) in [5, 5.41) is 3.69. The SMILES string of the molecule is CCC(N)c1noc(-c2ccc(F)c(F)c2)n1. The van der Waals surface area contributed by atoms with Gasteiger partial charge >= 0.3 is 0 Å². The van der Waals surface area contributed by atoms with Crippen molar-refractivity contribution >= 4 is 0 Å². The molecule has 0 spiro atoms. The third-order valence-corrected chi connectivity index (χ3v) is 2.38. The Bertz CT molecular complexity index is 527.